The number of halogens is 3. The number of fused-ring (bicyclic) bond motifs is 2. The second-order valence-electron chi connectivity index (χ2n) is 8.01. The lowest BCUT2D eigenvalue weighted by molar-refractivity contribution is -0.885. The standard InChI is InChI=1S/C23H25F3N2O2S/c24-23(25,26)17-7-8-22-20(16-17)18(19-4-1-2-6-21(19)31-22)5-3-9-27-10-12-28(30,13-11-27)14-15-29/h1-2,4-8,16,29H,3,9-15H2/b18-5+. The summed E-state index contributed by atoms with van der Waals surface area (Å²) in [6.45, 7) is 3.09. The first-order valence-electron chi connectivity index (χ1n) is 10.4. The van der Waals surface area contributed by atoms with Crippen LogP contribution >= 0.6 is 11.8 Å². The van der Waals surface area contributed by atoms with E-state index in [4.69, 9.17) is 5.11 Å². The Morgan fingerprint density at radius 3 is 2.48 bits per heavy atom. The molecule has 2 aliphatic rings. The third kappa shape index (κ3) is 4.99. The molecule has 166 valence electrons. The minimum absolute atomic E-state index is 0.105. The average Bonchev–Trinajstić information content (AvgIpc) is 2.74. The van der Waals surface area contributed by atoms with Gasteiger partial charge in [-0.05, 0) is 47.4 Å². The molecule has 0 radical (unpaired) electrons. The highest BCUT2D eigenvalue weighted by Gasteiger charge is 2.32. The third-order valence-electron chi connectivity index (χ3n) is 5.94. The molecule has 1 fully saturated rings. The van der Waals surface area contributed by atoms with E-state index in [2.05, 4.69) is 4.90 Å². The molecule has 2 aliphatic heterocycles. The largest absolute Gasteiger partial charge is 0.633 e. The van der Waals surface area contributed by atoms with Crippen LogP contribution in [0.25, 0.3) is 5.57 Å². The van der Waals surface area contributed by atoms with Crippen molar-refractivity contribution in [2.24, 2.45) is 0 Å². The molecule has 8 heteroatoms. The SMILES string of the molecule is [O-][N+]1(CCO)CCN(CC/C=C2\c3ccccc3Sc3ccc(C(F)(F)F)cc32)CC1. The molecular formula is C23H25F3N2O2S. The summed E-state index contributed by atoms with van der Waals surface area (Å²) in [6.07, 6.45) is -1.67. The van der Waals surface area contributed by atoms with E-state index >= 15 is 0 Å². The Bertz CT molecular complexity index is 970. The Kier molecular flexibility index (Phi) is 6.46. The number of aliphatic hydroxyl groups excluding tert-OH is 1. The summed E-state index contributed by atoms with van der Waals surface area (Å²) < 4.78 is 39.6. The molecule has 0 saturated carbocycles. The van der Waals surface area contributed by atoms with Gasteiger partial charge in [-0.2, -0.15) is 13.2 Å². The molecule has 0 aliphatic carbocycles. The van der Waals surface area contributed by atoms with Crippen molar-refractivity contribution in [2.45, 2.75) is 22.4 Å². The summed E-state index contributed by atoms with van der Waals surface area (Å²) in [5.74, 6) is 0. The van der Waals surface area contributed by atoms with Crippen LogP contribution < -0.4 is 0 Å². The highest BCUT2D eigenvalue weighted by atomic mass is 32.2. The predicted octanol–water partition coefficient (Wildman–Crippen LogP) is 4.61. The number of nitrogens with zero attached hydrogens (tertiary/aromatic N) is 2. The van der Waals surface area contributed by atoms with Gasteiger partial charge in [-0.25, -0.2) is 0 Å². The van der Waals surface area contributed by atoms with Crippen molar-refractivity contribution in [3.63, 3.8) is 0 Å². The van der Waals surface area contributed by atoms with Crippen LogP contribution in [0.15, 0.2) is 58.3 Å². The topological polar surface area (TPSA) is 46.5 Å². The monoisotopic (exact) mass is 450 g/mol. The quantitative estimate of drug-likeness (QED) is 0.455. The number of quaternary nitrogens is 1. The van der Waals surface area contributed by atoms with Crippen LogP contribution in [0, 0.1) is 5.21 Å². The van der Waals surface area contributed by atoms with Crippen molar-refractivity contribution in [2.75, 3.05) is 45.9 Å². The van der Waals surface area contributed by atoms with E-state index < -0.39 is 11.7 Å². The summed E-state index contributed by atoms with van der Waals surface area (Å²) in [6, 6.07) is 11.7. The van der Waals surface area contributed by atoms with Gasteiger partial charge < -0.3 is 15.0 Å². The molecule has 4 rings (SSSR count). The van der Waals surface area contributed by atoms with Gasteiger partial charge in [-0.15, -0.1) is 0 Å². The Balaban J connectivity index is 1.54. The van der Waals surface area contributed by atoms with Gasteiger partial charge in [0, 0.05) is 29.4 Å². The zero-order chi connectivity index (χ0) is 22.1. The molecule has 1 N–H and O–H groups in total. The first-order valence-corrected chi connectivity index (χ1v) is 11.2. The summed E-state index contributed by atoms with van der Waals surface area (Å²) in [5, 5.41) is 21.5. The number of aliphatic hydroxyl groups is 1. The van der Waals surface area contributed by atoms with Gasteiger partial charge >= 0.3 is 6.18 Å². The zero-order valence-corrected chi connectivity index (χ0v) is 17.9. The number of piperazine rings is 1. The summed E-state index contributed by atoms with van der Waals surface area (Å²) in [7, 11) is 0. The lowest BCUT2D eigenvalue weighted by Gasteiger charge is -2.48. The first kappa shape index (κ1) is 22.4. The summed E-state index contributed by atoms with van der Waals surface area (Å²) in [4.78, 5) is 4.07. The van der Waals surface area contributed by atoms with E-state index in [0.717, 1.165) is 33.5 Å². The molecule has 2 aromatic carbocycles. The van der Waals surface area contributed by atoms with Crippen LogP contribution in [0.5, 0.6) is 0 Å². The number of benzene rings is 2. The molecule has 0 amide bonds. The number of rotatable bonds is 5. The predicted molar refractivity (Wildman–Crippen MR) is 115 cm³/mol. The van der Waals surface area contributed by atoms with Crippen LogP contribution in [0.1, 0.15) is 23.1 Å². The Hall–Kier alpha value is -1.84. The van der Waals surface area contributed by atoms with Crippen molar-refractivity contribution in [1.82, 2.24) is 4.90 Å². The fourth-order valence-corrected chi connectivity index (χ4v) is 5.25. The van der Waals surface area contributed by atoms with E-state index in [1.165, 1.54) is 17.8 Å². The fourth-order valence-electron chi connectivity index (χ4n) is 4.16. The van der Waals surface area contributed by atoms with E-state index in [-0.39, 0.29) is 17.8 Å². The van der Waals surface area contributed by atoms with Crippen LogP contribution in [0.4, 0.5) is 13.2 Å². The number of hydrogen-bond donors (Lipinski definition) is 1. The molecule has 0 bridgehead atoms. The lowest BCUT2D eigenvalue weighted by Crippen LogP contribution is -2.57. The molecule has 0 unspecified atom stereocenters. The van der Waals surface area contributed by atoms with E-state index in [1.807, 2.05) is 30.3 Å². The van der Waals surface area contributed by atoms with Gasteiger partial charge in [-0.3, -0.25) is 4.90 Å². The second kappa shape index (κ2) is 8.96. The molecule has 0 aromatic heterocycles. The molecule has 1 saturated heterocycles. The van der Waals surface area contributed by atoms with Gasteiger partial charge in [0.1, 0.15) is 6.54 Å². The van der Waals surface area contributed by atoms with Crippen molar-refractivity contribution in [3.05, 3.63) is 70.4 Å². The zero-order valence-electron chi connectivity index (χ0n) is 17.1. The van der Waals surface area contributed by atoms with Gasteiger partial charge in [-0.1, -0.05) is 36.0 Å². The average molecular weight is 451 g/mol. The smallest absolute Gasteiger partial charge is 0.416 e. The highest BCUT2D eigenvalue weighted by molar-refractivity contribution is 7.99. The van der Waals surface area contributed by atoms with E-state index in [1.54, 1.807) is 6.07 Å². The van der Waals surface area contributed by atoms with Crippen molar-refractivity contribution in [1.29, 1.82) is 0 Å². The summed E-state index contributed by atoms with van der Waals surface area (Å²) >= 11 is 1.50. The molecule has 0 spiro atoms. The lowest BCUT2D eigenvalue weighted by atomic mass is 9.94. The van der Waals surface area contributed by atoms with Crippen LogP contribution in [0.2, 0.25) is 0 Å². The van der Waals surface area contributed by atoms with Crippen molar-refractivity contribution in [3.8, 4) is 0 Å². The number of hydroxylamine groups is 3. The normalized spacial score (nSPS) is 19.8. The third-order valence-corrected chi connectivity index (χ3v) is 7.09. The highest BCUT2D eigenvalue weighted by Crippen LogP contribution is 2.47. The van der Waals surface area contributed by atoms with E-state index in [0.29, 0.717) is 38.2 Å². The van der Waals surface area contributed by atoms with Gasteiger partial charge in [0.2, 0.25) is 0 Å². The maximum Gasteiger partial charge on any atom is 0.416 e. The Morgan fingerprint density at radius 2 is 1.77 bits per heavy atom. The minimum Gasteiger partial charge on any atom is -0.633 e. The second-order valence-corrected chi connectivity index (χ2v) is 9.09. The minimum atomic E-state index is -4.38. The number of hydrogen-bond acceptors (Lipinski definition) is 4. The first-order chi connectivity index (χ1) is 14.8. The maximum atomic E-state index is 13.3. The molecular weight excluding hydrogens is 425 g/mol. The van der Waals surface area contributed by atoms with Gasteiger partial charge in [0.15, 0.2) is 0 Å². The molecule has 0 atom stereocenters. The van der Waals surface area contributed by atoms with Gasteiger partial charge in [0.05, 0.1) is 25.3 Å². The van der Waals surface area contributed by atoms with Crippen LogP contribution in [-0.2, 0) is 6.18 Å². The van der Waals surface area contributed by atoms with Crippen LogP contribution in [-0.4, -0.2) is 60.5 Å². The fraction of sp³-hybridized carbons (Fsp3) is 0.391. The molecule has 2 aromatic rings. The number of alkyl halides is 3. The van der Waals surface area contributed by atoms with E-state index in [9.17, 15) is 18.4 Å². The van der Waals surface area contributed by atoms with Crippen molar-refractivity contribution < 1.29 is 22.9 Å². The summed E-state index contributed by atoms with van der Waals surface area (Å²) in [5.41, 5.74) is 1.77. The maximum absolute atomic E-state index is 13.3. The van der Waals surface area contributed by atoms with Crippen LogP contribution in [0.3, 0.4) is 0 Å². The molecule has 2 heterocycles. The van der Waals surface area contributed by atoms with Gasteiger partial charge in [0.25, 0.3) is 0 Å². The Labute approximate surface area is 184 Å². The van der Waals surface area contributed by atoms with Crippen molar-refractivity contribution >= 4 is 17.3 Å². The molecule has 31 heavy (non-hydrogen) atoms. The Morgan fingerprint density at radius 1 is 1.06 bits per heavy atom. The molecule has 4 nitrogen and oxygen atoms in total.